The molecule has 1 aliphatic carbocycles. The largest absolute Gasteiger partial charge is 0.350 e. The second-order valence-corrected chi connectivity index (χ2v) is 8.79. The van der Waals surface area contributed by atoms with Crippen molar-refractivity contribution < 1.29 is 4.79 Å². The first-order valence-corrected chi connectivity index (χ1v) is 10.8. The number of carbonyl (C=O) groups excluding carboxylic acids is 1. The second-order valence-electron chi connectivity index (χ2n) is 7.68. The maximum atomic E-state index is 12.9. The number of aromatic nitrogens is 4. The number of likely N-dealkylation sites (tertiary alicyclic amines) is 1. The highest BCUT2D eigenvalue weighted by Gasteiger charge is 2.28. The van der Waals surface area contributed by atoms with Gasteiger partial charge < -0.3 is 4.90 Å². The Morgan fingerprint density at radius 2 is 2.11 bits per heavy atom. The van der Waals surface area contributed by atoms with Crippen molar-refractivity contribution in [3.63, 3.8) is 0 Å². The zero-order valence-corrected chi connectivity index (χ0v) is 16.5. The molecule has 1 fully saturated rings. The summed E-state index contributed by atoms with van der Waals surface area (Å²) < 4.78 is 2.73. The number of fused-ring (bicyclic) bond motifs is 2. The number of piperidine rings is 1. The van der Waals surface area contributed by atoms with E-state index in [0.717, 1.165) is 32.2 Å². The van der Waals surface area contributed by atoms with Crippen molar-refractivity contribution in [2.45, 2.75) is 51.0 Å². The van der Waals surface area contributed by atoms with Gasteiger partial charge in [-0.3, -0.25) is 9.20 Å². The van der Waals surface area contributed by atoms with Crippen LogP contribution in [0.15, 0.2) is 29.2 Å². The van der Waals surface area contributed by atoms with Crippen LogP contribution in [0.4, 0.5) is 0 Å². The Morgan fingerprint density at radius 1 is 1.21 bits per heavy atom. The van der Waals surface area contributed by atoms with E-state index >= 15 is 0 Å². The molecule has 3 aromatic heterocycles. The minimum absolute atomic E-state index is 0.0123. The summed E-state index contributed by atoms with van der Waals surface area (Å²) in [4.78, 5) is 33.5. The van der Waals surface area contributed by atoms with E-state index in [9.17, 15) is 9.59 Å². The van der Waals surface area contributed by atoms with E-state index in [-0.39, 0.29) is 18.1 Å². The molecule has 1 saturated heterocycles. The van der Waals surface area contributed by atoms with Gasteiger partial charge in [0.1, 0.15) is 6.54 Å². The third-order valence-electron chi connectivity index (χ3n) is 5.76. The average Bonchev–Trinajstić information content (AvgIpc) is 3.30. The minimum Gasteiger partial charge on any atom is -0.340 e. The van der Waals surface area contributed by atoms with Gasteiger partial charge in [0.15, 0.2) is 5.65 Å². The quantitative estimate of drug-likeness (QED) is 0.679. The number of amides is 1. The van der Waals surface area contributed by atoms with Gasteiger partial charge in [0.2, 0.25) is 5.91 Å². The highest BCUT2D eigenvalue weighted by Crippen LogP contribution is 2.34. The van der Waals surface area contributed by atoms with Crippen molar-refractivity contribution in [3.8, 4) is 0 Å². The van der Waals surface area contributed by atoms with Gasteiger partial charge in [-0.2, -0.15) is 0 Å². The Labute approximate surface area is 166 Å². The standard InChI is InChI=1S/C20H23N5O2S/c26-18(13-25-20(27)24-11-4-3-9-17(24)22-25)23-10-5-6-14(12-23)19-21-15-7-1-2-8-16(15)28-19/h3-4,9,11,14H,1-2,5-8,10,12-13H2. The average molecular weight is 398 g/mol. The Bertz CT molecular complexity index is 1060. The molecule has 0 bridgehead atoms. The fourth-order valence-electron chi connectivity index (χ4n) is 4.25. The van der Waals surface area contributed by atoms with Crippen LogP contribution < -0.4 is 5.69 Å². The van der Waals surface area contributed by atoms with Gasteiger partial charge in [-0.1, -0.05) is 6.07 Å². The van der Waals surface area contributed by atoms with Crippen LogP contribution >= 0.6 is 11.3 Å². The van der Waals surface area contributed by atoms with Crippen molar-refractivity contribution >= 4 is 22.9 Å². The van der Waals surface area contributed by atoms with E-state index in [1.807, 2.05) is 22.3 Å². The summed E-state index contributed by atoms with van der Waals surface area (Å²) >= 11 is 1.85. The number of thiazole rings is 1. The Hall–Kier alpha value is -2.48. The zero-order valence-electron chi connectivity index (χ0n) is 15.7. The van der Waals surface area contributed by atoms with Gasteiger partial charge in [-0.05, 0) is 50.7 Å². The van der Waals surface area contributed by atoms with Crippen LogP contribution in [-0.2, 0) is 24.2 Å². The normalized spacial score (nSPS) is 19.7. The number of rotatable bonds is 3. The summed E-state index contributed by atoms with van der Waals surface area (Å²) in [5, 5.41) is 5.47. The summed E-state index contributed by atoms with van der Waals surface area (Å²) in [6.45, 7) is 1.41. The molecule has 5 rings (SSSR count). The first kappa shape index (κ1) is 17.6. The van der Waals surface area contributed by atoms with E-state index in [0.29, 0.717) is 18.1 Å². The molecule has 1 amide bonds. The third kappa shape index (κ3) is 3.15. The van der Waals surface area contributed by atoms with Crippen LogP contribution in [0.1, 0.15) is 47.2 Å². The number of hydrogen-bond donors (Lipinski definition) is 0. The molecule has 8 heteroatoms. The maximum absolute atomic E-state index is 12.9. The fourth-order valence-corrected chi connectivity index (χ4v) is 5.53. The zero-order chi connectivity index (χ0) is 19.1. The molecule has 0 N–H and O–H groups in total. The summed E-state index contributed by atoms with van der Waals surface area (Å²) in [7, 11) is 0. The van der Waals surface area contributed by atoms with Crippen LogP contribution in [0.5, 0.6) is 0 Å². The van der Waals surface area contributed by atoms with Gasteiger partial charge in [-0.15, -0.1) is 16.4 Å². The molecule has 0 spiro atoms. The summed E-state index contributed by atoms with van der Waals surface area (Å²) in [6, 6.07) is 5.38. The fraction of sp³-hybridized carbons (Fsp3) is 0.500. The molecule has 0 aromatic carbocycles. The van der Waals surface area contributed by atoms with Gasteiger partial charge in [0.05, 0.1) is 10.7 Å². The highest BCUT2D eigenvalue weighted by atomic mass is 32.1. The molecular weight excluding hydrogens is 374 g/mol. The topological polar surface area (TPSA) is 72.5 Å². The lowest BCUT2D eigenvalue weighted by Crippen LogP contribution is -2.42. The summed E-state index contributed by atoms with van der Waals surface area (Å²) in [6.07, 6.45) is 8.46. The number of aryl methyl sites for hydroxylation is 2. The van der Waals surface area contributed by atoms with Gasteiger partial charge in [0.25, 0.3) is 0 Å². The first-order valence-electron chi connectivity index (χ1n) is 9.99. The van der Waals surface area contributed by atoms with Gasteiger partial charge >= 0.3 is 5.69 Å². The van der Waals surface area contributed by atoms with Crippen LogP contribution in [0.25, 0.3) is 5.65 Å². The van der Waals surface area contributed by atoms with Crippen LogP contribution in [-0.4, -0.2) is 43.1 Å². The van der Waals surface area contributed by atoms with Gasteiger partial charge in [0, 0.05) is 30.1 Å². The first-order chi connectivity index (χ1) is 13.7. The molecule has 1 aliphatic heterocycles. The molecule has 0 saturated carbocycles. The minimum atomic E-state index is -0.273. The summed E-state index contributed by atoms with van der Waals surface area (Å²) in [5.74, 6) is 0.266. The van der Waals surface area contributed by atoms with Crippen LogP contribution in [0, 0.1) is 0 Å². The number of nitrogens with zero attached hydrogens (tertiary/aromatic N) is 5. The second kappa shape index (κ2) is 7.16. The molecule has 146 valence electrons. The van der Waals surface area contributed by atoms with Crippen molar-refractivity contribution in [2.75, 3.05) is 13.1 Å². The molecule has 1 unspecified atom stereocenters. The van der Waals surface area contributed by atoms with E-state index in [1.54, 1.807) is 18.3 Å². The molecule has 1 atom stereocenters. The van der Waals surface area contributed by atoms with Crippen LogP contribution in [0.3, 0.4) is 0 Å². The molecule has 28 heavy (non-hydrogen) atoms. The van der Waals surface area contributed by atoms with Crippen molar-refractivity contribution in [2.24, 2.45) is 0 Å². The van der Waals surface area contributed by atoms with Crippen molar-refractivity contribution in [3.05, 3.63) is 50.5 Å². The molecule has 2 aliphatic rings. The smallest absolute Gasteiger partial charge is 0.340 e. The molecular formula is C20H23N5O2S. The van der Waals surface area contributed by atoms with E-state index < -0.39 is 0 Å². The predicted molar refractivity (Wildman–Crippen MR) is 107 cm³/mol. The van der Waals surface area contributed by atoms with Crippen molar-refractivity contribution in [1.82, 2.24) is 24.1 Å². The van der Waals surface area contributed by atoms with E-state index in [2.05, 4.69) is 5.10 Å². The van der Waals surface area contributed by atoms with E-state index in [1.165, 1.54) is 37.5 Å². The predicted octanol–water partition coefficient (Wildman–Crippen LogP) is 2.24. The molecule has 3 aromatic rings. The number of carbonyl (C=O) groups is 1. The lowest BCUT2D eigenvalue weighted by atomic mass is 9.98. The summed E-state index contributed by atoms with van der Waals surface area (Å²) in [5.41, 5.74) is 1.57. The monoisotopic (exact) mass is 397 g/mol. The molecule has 7 nitrogen and oxygen atoms in total. The highest BCUT2D eigenvalue weighted by molar-refractivity contribution is 7.11. The molecule has 0 radical (unpaired) electrons. The lowest BCUT2D eigenvalue weighted by Gasteiger charge is -2.31. The lowest BCUT2D eigenvalue weighted by molar-refractivity contribution is -0.133. The number of hydrogen-bond acceptors (Lipinski definition) is 5. The van der Waals surface area contributed by atoms with E-state index in [4.69, 9.17) is 4.98 Å². The molecule has 4 heterocycles. The Balaban J connectivity index is 1.31. The maximum Gasteiger partial charge on any atom is 0.350 e. The Kier molecular flexibility index (Phi) is 4.50. The van der Waals surface area contributed by atoms with Crippen LogP contribution in [0.2, 0.25) is 0 Å². The third-order valence-corrected chi connectivity index (χ3v) is 7.08. The Morgan fingerprint density at radius 3 is 2.96 bits per heavy atom. The van der Waals surface area contributed by atoms with Crippen molar-refractivity contribution in [1.29, 1.82) is 0 Å². The SMILES string of the molecule is O=C(Cn1nc2ccccn2c1=O)N1CCCC(c2nc3c(s2)CCCC3)C1. The van der Waals surface area contributed by atoms with Gasteiger partial charge in [-0.25, -0.2) is 14.5 Å². The number of pyridine rings is 1.